The fraction of sp³-hybridized carbons (Fsp3) is 1.00. The molecule has 1 aliphatic carbocycles. The maximum absolute atomic E-state index is 5.95. The van der Waals surface area contributed by atoms with E-state index in [1.807, 2.05) is 0 Å². The van der Waals surface area contributed by atoms with Gasteiger partial charge in [-0.05, 0) is 45.2 Å². The summed E-state index contributed by atoms with van der Waals surface area (Å²) in [4.78, 5) is 2.48. The van der Waals surface area contributed by atoms with Crippen LogP contribution in [-0.2, 0) is 4.74 Å². The molecule has 0 aromatic rings. The van der Waals surface area contributed by atoms with Crippen LogP contribution in [0.15, 0.2) is 0 Å². The molecule has 1 N–H and O–H groups in total. The van der Waals surface area contributed by atoms with Crippen molar-refractivity contribution in [1.82, 2.24) is 10.2 Å². The third-order valence-electron chi connectivity index (χ3n) is 4.51. The van der Waals surface area contributed by atoms with Gasteiger partial charge in [0, 0.05) is 25.7 Å². The molecule has 0 amide bonds. The summed E-state index contributed by atoms with van der Waals surface area (Å²) in [6.07, 6.45) is 6.39. The van der Waals surface area contributed by atoms with Crippen molar-refractivity contribution in [2.75, 3.05) is 32.8 Å². The molecule has 3 heteroatoms. The molecule has 2 rings (SSSR count). The predicted octanol–water partition coefficient (Wildman–Crippen LogP) is 2.02. The first kappa shape index (κ1) is 13.3. The summed E-state index contributed by atoms with van der Waals surface area (Å²) in [5.41, 5.74) is 0.283. The van der Waals surface area contributed by atoms with Gasteiger partial charge in [0.1, 0.15) is 0 Å². The zero-order valence-electron chi connectivity index (χ0n) is 11.5. The van der Waals surface area contributed by atoms with E-state index in [0.717, 1.165) is 26.2 Å². The molecular formula is C14H28N2O. The van der Waals surface area contributed by atoms with Crippen molar-refractivity contribution in [3.8, 4) is 0 Å². The van der Waals surface area contributed by atoms with Crippen molar-refractivity contribution >= 4 is 0 Å². The Labute approximate surface area is 106 Å². The van der Waals surface area contributed by atoms with Gasteiger partial charge in [0.25, 0.3) is 0 Å². The van der Waals surface area contributed by atoms with Gasteiger partial charge in [-0.1, -0.05) is 13.8 Å². The normalized spacial score (nSPS) is 27.4. The third kappa shape index (κ3) is 3.43. The second kappa shape index (κ2) is 6.17. The summed E-state index contributed by atoms with van der Waals surface area (Å²) >= 11 is 0. The Hall–Kier alpha value is -0.120. The second-order valence-electron chi connectivity index (χ2n) is 5.56. The first-order valence-electron chi connectivity index (χ1n) is 7.38. The van der Waals surface area contributed by atoms with Gasteiger partial charge < -0.3 is 15.0 Å². The Morgan fingerprint density at radius 1 is 1.29 bits per heavy atom. The van der Waals surface area contributed by atoms with Gasteiger partial charge in [0.2, 0.25) is 0 Å². The standard InChI is InChI=1S/C14H28N2O/c1-3-16(4-2)10-9-15-13-6-11-17-14(12-13)7-5-8-14/h13,15H,3-12H2,1-2H3. The van der Waals surface area contributed by atoms with Crippen LogP contribution >= 0.6 is 0 Å². The molecule has 17 heavy (non-hydrogen) atoms. The highest BCUT2D eigenvalue weighted by Crippen LogP contribution is 2.42. The number of hydrogen-bond acceptors (Lipinski definition) is 3. The monoisotopic (exact) mass is 240 g/mol. The highest BCUT2D eigenvalue weighted by molar-refractivity contribution is 4.96. The maximum atomic E-state index is 5.95. The molecule has 1 spiro atoms. The number of rotatable bonds is 6. The van der Waals surface area contributed by atoms with Crippen molar-refractivity contribution in [2.45, 2.75) is 57.6 Å². The molecule has 2 fully saturated rings. The van der Waals surface area contributed by atoms with E-state index in [1.54, 1.807) is 0 Å². The fourth-order valence-electron chi connectivity index (χ4n) is 3.09. The van der Waals surface area contributed by atoms with Crippen molar-refractivity contribution in [3.63, 3.8) is 0 Å². The lowest BCUT2D eigenvalue weighted by Gasteiger charge is -2.47. The minimum atomic E-state index is 0.283. The largest absolute Gasteiger partial charge is 0.375 e. The van der Waals surface area contributed by atoms with E-state index in [9.17, 15) is 0 Å². The lowest BCUT2D eigenvalue weighted by molar-refractivity contribution is -0.135. The first-order chi connectivity index (χ1) is 8.28. The molecule has 1 unspecified atom stereocenters. The summed E-state index contributed by atoms with van der Waals surface area (Å²) in [6.45, 7) is 10.1. The molecule has 0 bridgehead atoms. The fourth-order valence-corrected chi connectivity index (χ4v) is 3.09. The van der Waals surface area contributed by atoms with Crippen molar-refractivity contribution in [1.29, 1.82) is 0 Å². The molecule has 1 aliphatic heterocycles. The third-order valence-corrected chi connectivity index (χ3v) is 4.51. The van der Waals surface area contributed by atoms with Gasteiger partial charge >= 0.3 is 0 Å². The maximum Gasteiger partial charge on any atom is 0.0697 e. The molecule has 0 aromatic heterocycles. The summed E-state index contributed by atoms with van der Waals surface area (Å²) in [7, 11) is 0. The molecule has 1 saturated carbocycles. The van der Waals surface area contributed by atoms with Crippen LogP contribution in [-0.4, -0.2) is 49.3 Å². The lowest BCUT2D eigenvalue weighted by Crippen LogP contribution is -2.51. The topological polar surface area (TPSA) is 24.5 Å². The molecule has 1 atom stereocenters. The molecule has 3 nitrogen and oxygen atoms in total. The molecule has 0 aromatic carbocycles. The zero-order valence-corrected chi connectivity index (χ0v) is 11.5. The van der Waals surface area contributed by atoms with Crippen molar-refractivity contribution < 1.29 is 4.74 Å². The molecule has 1 saturated heterocycles. The molecule has 2 aliphatic rings. The highest BCUT2D eigenvalue weighted by Gasteiger charge is 2.42. The molecule has 100 valence electrons. The Morgan fingerprint density at radius 2 is 2.06 bits per heavy atom. The van der Waals surface area contributed by atoms with Crippen LogP contribution in [0, 0.1) is 0 Å². The number of nitrogens with one attached hydrogen (secondary N) is 1. The average Bonchev–Trinajstić information content (AvgIpc) is 2.33. The van der Waals surface area contributed by atoms with Crippen LogP contribution in [0.5, 0.6) is 0 Å². The van der Waals surface area contributed by atoms with Gasteiger partial charge in [-0.15, -0.1) is 0 Å². The molecule has 0 radical (unpaired) electrons. The summed E-state index contributed by atoms with van der Waals surface area (Å²) in [5, 5.41) is 3.72. The molecular weight excluding hydrogens is 212 g/mol. The van der Waals surface area contributed by atoms with E-state index >= 15 is 0 Å². The quantitative estimate of drug-likeness (QED) is 0.769. The van der Waals surface area contributed by atoms with Gasteiger partial charge in [-0.3, -0.25) is 0 Å². The van der Waals surface area contributed by atoms with Crippen LogP contribution in [0.25, 0.3) is 0 Å². The van der Waals surface area contributed by atoms with Gasteiger partial charge in [0.05, 0.1) is 5.60 Å². The van der Waals surface area contributed by atoms with E-state index in [4.69, 9.17) is 4.74 Å². The van der Waals surface area contributed by atoms with Crippen LogP contribution in [0.3, 0.4) is 0 Å². The van der Waals surface area contributed by atoms with Crippen molar-refractivity contribution in [3.05, 3.63) is 0 Å². The predicted molar refractivity (Wildman–Crippen MR) is 71.3 cm³/mol. The SMILES string of the molecule is CCN(CC)CCNC1CCOC2(CCC2)C1. The van der Waals surface area contributed by atoms with Gasteiger partial charge in [-0.25, -0.2) is 0 Å². The van der Waals surface area contributed by atoms with E-state index in [0.29, 0.717) is 6.04 Å². The van der Waals surface area contributed by atoms with E-state index in [1.165, 1.54) is 38.6 Å². The van der Waals surface area contributed by atoms with Crippen LogP contribution in [0.1, 0.15) is 46.0 Å². The average molecular weight is 240 g/mol. The second-order valence-corrected chi connectivity index (χ2v) is 5.56. The summed E-state index contributed by atoms with van der Waals surface area (Å²) < 4.78 is 5.95. The van der Waals surface area contributed by atoms with E-state index in [-0.39, 0.29) is 5.60 Å². The van der Waals surface area contributed by atoms with E-state index in [2.05, 4.69) is 24.1 Å². The first-order valence-corrected chi connectivity index (χ1v) is 7.38. The number of hydrogen-bond donors (Lipinski definition) is 1. The van der Waals surface area contributed by atoms with Gasteiger partial charge in [0.15, 0.2) is 0 Å². The Bertz CT molecular complexity index is 224. The Balaban J connectivity index is 1.65. The van der Waals surface area contributed by atoms with Crippen LogP contribution in [0.4, 0.5) is 0 Å². The number of likely N-dealkylation sites (N-methyl/N-ethyl adjacent to an activating group) is 1. The summed E-state index contributed by atoms with van der Waals surface area (Å²) in [6, 6.07) is 0.694. The highest BCUT2D eigenvalue weighted by atomic mass is 16.5. The minimum absolute atomic E-state index is 0.283. The number of nitrogens with zero attached hydrogens (tertiary/aromatic N) is 1. The minimum Gasteiger partial charge on any atom is -0.375 e. The Morgan fingerprint density at radius 3 is 2.65 bits per heavy atom. The Kier molecular flexibility index (Phi) is 4.83. The zero-order chi connectivity index (χ0) is 12.1. The van der Waals surface area contributed by atoms with Crippen LogP contribution in [0.2, 0.25) is 0 Å². The van der Waals surface area contributed by atoms with Crippen molar-refractivity contribution in [2.24, 2.45) is 0 Å². The van der Waals surface area contributed by atoms with Gasteiger partial charge in [-0.2, -0.15) is 0 Å². The molecule has 1 heterocycles. The lowest BCUT2D eigenvalue weighted by atomic mass is 9.74. The smallest absolute Gasteiger partial charge is 0.0697 e. The number of ether oxygens (including phenoxy) is 1. The van der Waals surface area contributed by atoms with E-state index < -0.39 is 0 Å². The van der Waals surface area contributed by atoms with Crippen LogP contribution < -0.4 is 5.32 Å². The summed E-state index contributed by atoms with van der Waals surface area (Å²) in [5.74, 6) is 0.